The number of oxime groups is 1. The highest BCUT2D eigenvalue weighted by atomic mass is 79.9. The van der Waals surface area contributed by atoms with Crippen molar-refractivity contribution in [3.63, 3.8) is 0 Å². The quantitative estimate of drug-likeness (QED) is 0.375. The lowest BCUT2D eigenvalue weighted by Crippen LogP contribution is -2.30. The Kier molecular flexibility index (Phi) is 5.24. The maximum absolute atomic E-state index is 8.47. The molecule has 0 bridgehead atoms. The summed E-state index contributed by atoms with van der Waals surface area (Å²) in [5, 5.41) is 11.4. The minimum atomic E-state index is 0.195. The monoisotopic (exact) mass is 301 g/mol. The summed E-state index contributed by atoms with van der Waals surface area (Å²) in [6.07, 6.45) is 0. The molecule has 0 unspecified atom stereocenters. The van der Waals surface area contributed by atoms with Crippen molar-refractivity contribution in [2.24, 2.45) is 10.9 Å². The van der Waals surface area contributed by atoms with E-state index in [9.17, 15) is 0 Å². The molecule has 0 radical (unpaired) electrons. The number of methoxy groups -OCH3 is 1. The second-order valence-corrected chi connectivity index (χ2v) is 4.59. The Balaban J connectivity index is 2.66. The topological polar surface area (TPSA) is 71.1 Å². The van der Waals surface area contributed by atoms with Crippen molar-refractivity contribution in [2.45, 2.75) is 6.54 Å². The van der Waals surface area contributed by atoms with Gasteiger partial charge >= 0.3 is 0 Å². The van der Waals surface area contributed by atoms with Crippen LogP contribution in [0.25, 0.3) is 0 Å². The highest BCUT2D eigenvalue weighted by Gasteiger charge is 2.05. The first-order chi connectivity index (χ1) is 8.06. The number of likely N-dealkylation sites (N-methyl/N-ethyl adjacent to an activating group) is 1. The van der Waals surface area contributed by atoms with Gasteiger partial charge in [0, 0.05) is 6.54 Å². The van der Waals surface area contributed by atoms with Crippen LogP contribution in [-0.4, -0.2) is 36.6 Å². The summed E-state index contributed by atoms with van der Waals surface area (Å²) in [5.41, 5.74) is 6.55. The van der Waals surface area contributed by atoms with E-state index < -0.39 is 0 Å². The third kappa shape index (κ3) is 4.24. The van der Waals surface area contributed by atoms with Crippen LogP contribution in [0.3, 0.4) is 0 Å². The molecule has 0 atom stereocenters. The van der Waals surface area contributed by atoms with E-state index in [2.05, 4.69) is 21.1 Å². The van der Waals surface area contributed by atoms with Crippen LogP contribution in [0.15, 0.2) is 27.8 Å². The van der Waals surface area contributed by atoms with Gasteiger partial charge in [-0.25, -0.2) is 0 Å². The minimum Gasteiger partial charge on any atom is -0.496 e. The first-order valence-electron chi connectivity index (χ1n) is 5.04. The van der Waals surface area contributed by atoms with Crippen LogP contribution >= 0.6 is 15.9 Å². The van der Waals surface area contributed by atoms with E-state index >= 15 is 0 Å². The summed E-state index contributed by atoms with van der Waals surface area (Å²) in [6, 6.07) is 5.87. The molecular weight excluding hydrogens is 286 g/mol. The number of nitrogens with zero attached hydrogens (tertiary/aromatic N) is 2. The summed E-state index contributed by atoms with van der Waals surface area (Å²) < 4.78 is 6.07. The van der Waals surface area contributed by atoms with Gasteiger partial charge in [-0.05, 0) is 40.7 Å². The van der Waals surface area contributed by atoms with Crippen LogP contribution in [0.1, 0.15) is 5.56 Å². The van der Waals surface area contributed by atoms with Gasteiger partial charge in [0.05, 0.1) is 18.1 Å². The lowest BCUT2D eigenvalue weighted by Gasteiger charge is -2.16. The molecule has 0 aliphatic carbocycles. The molecule has 0 fully saturated rings. The molecule has 0 amide bonds. The maximum atomic E-state index is 8.47. The zero-order valence-electron chi connectivity index (χ0n) is 9.85. The molecule has 0 heterocycles. The molecule has 6 heteroatoms. The van der Waals surface area contributed by atoms with Gasteiger partial charge in [0.25, 0.3) is 0 Å². The van der Waals surface area contributed by atoms with E-state index in [1.165, 1.54) is 0 Å². The Morgan fingerprint density at radius 3 is 2.82 bits per heavy atom. The molecule has 0 saturated carbocycles. The smallest absolute Gasteiger partial charge is 0.153 e. The van der Waals surface area contributed by atoms with E-state index in [0.29, 0.717) is 13.1 Å². The first-order valence-corrected chi connectivity index (χ1v) is 5.83. The second-order valence-electron chi connectivity index (χ2n) is 3.73. The number of hydrogen-bond acceptors (Lipinski definition) is 4. The number of ether oxygens (including phenoxy) is 1. The van der Waals surface area contributed by atoms with Gasteiger partial charge in [-0.3, -0.25) is 4.90 Å². The molecule has 0 spiro atoms. The average molecular weight is 302 g/mol. The van der Waals surface area contributed by atoms with Crippen LogP contribution in [-0.2, 0) is 6.54 Å². The number of benzene rings is 1. The molecular formula is C11H16BrN3O2. The largest absolute Gasteiger partial charge is 0.496 e. The molecule has 0 aliphatic heterocycles. The third-order valence-electron chi connectivity index (χ3n) is 2.23. The maximum Gasteiger partial charge on any atom is 0.153 e. The van der Waals surface area contributed by atoms with Crippen molar-refractivity contribution >= 4 is 21.8 Å². The summed E-state index contributed by atoms with van der Waals surface area (Å²) in [7, 11) is 3.53. The van der Waals surface area contributed by atoms with E-state index in [-0.39, 0.29) is 5.84 Å². The Labute approximate surface area is 109 Å². The van der Waals surface area contributed by atoms with Crippen molar-refractivity contribution in [3.05, 3.63) is 28.2 Å². The Morgan fingerprint density at radius 2 is 2.29 bits per heavy atom. The van der Waals surface area contributed by atoms with Crippen LogP contribution in [0.4, 0.5) is 0 Å². The average Bonchev–Trinajstić information content (AvgIpc) is 2.29. The summed E-state index contributed by atoms with van der Waals surface area (Å²) in [4.78, 5) is 1.95. The molecule has 0 aliphatic rings. The van der Waals surface area contributed by atoms with E-state index in [4.69, 9.17) is 15.7 Å². The van der Waals surface area contributed by atoms with Crippen molar-refractivity contribution in [1.82, 2.24) is 4.90 Å². The Hall–Kier alpha value is -1.27. The molecule has 0 aromatic heterocycles. The van der Waals surface area contributed by atoms with Gasteiger partial charge in [0.15, 0.2) is 5.84 Å². The minimum absolute atomic E-state index is 0.195. The number of hydrogen-bond donors (Lipinski definition) is 2. The van der Waals surface area contributed by atoms with Crippen molar-refractivity contribution in [1.29, 1.82) is 0 Å². The van der Waals surface area contributed by atoms with Crippen molar-refractivity contribution in [3.8, 4) is 5.75 Å². The molecule has 1 rings (SSSR count). The lowest BCUT2D eigenvalue weighted by molar-refractivity contribution is 0.308. The number of rotatable bonds is 5. The van der Waals surface area contributed by atoms with Crippen molar-refractivity contribution < 1.29 is 9.94 Å². The zero-order valence-corrected chi connectivity index (χ0v) is 11.4. The normalized spacial score (nSPS) is 11.9. The van der Waals surface area contributed by atoms with Gasteiger partial charge in [0.1, 0.15) is 5.75 Å². The second kappa shape index (κ2) is 6.46. The van der Waals surface area contributed by atoms with Crippen LogP contribution in [0.2, 0.25) is 0 Å². The number of amidine groups is 1. The standard InChI is InChI=1S/C11H16BrN3O2/c1-15(7-11(13)14-16)6-8-3-4-10(17-2)9(12)5-8/h3-5,16H,6-7H2,1-2H3,(H2,13,14). The number of halogens is 1. The van der Waals surface area contributed by atoms with Gasteiger partial charge in [-0.15, -0.1) is 0 Å². The summed E-state index contributed by atoms with van der Waals surface area (Å²) in [5.74, 6) is 0.993. The number of nitrogens with two attached hydrogens (primary N) is 1. The molecule has 1 aromatic carbocycles. The molecule has 17 heavy (non-hydrogen) atoms. The third-order valence-corrected chi connectivity index (χ3v) is 2.85. The van der Waals surface area contributed by atoms with E-state index in [1.807, 2.05) is 30.1 Å². The summed E-state index contributed by atoms with van der Waals surface area (Å²) in [6.45, 7) is 1.12. The highest BCUT2D eigenvalue weighted by molar-refractivity contribution is 9.10. The predicted octanol–water partition coefficient (Wildman–Crippen LogP) is 1.64. The Morgan fingerprint density at radius 1 is 1.59 bits per heavy atom. The van der Waals surface area contributed by atoms with Crippen LogP contribution in [0.5, 0.6) is 5.75 Å². The van der Waals surface area contributed by atoms with Gasteiger partial charge in [-0.2, -0.15) is 0 Å². The highest BCUT2D eigenvalue weighted by Crippen LogP contribution is 2.25. The van der Waals surface area contributed by atoms with Gasteiger partial charge in [-0.1, -0.05) is 11.2 Å². The van der Waals surface area contributed by atoms with E-state index in [1.54, 1.807) is 7.11 Å². The lowest BCUT2D eigenvalue weighted by atomic mass is 10.2. The van der Waals surface area contributed by atoms with Crippen LogP contribution < -0.4 is 10.5 Å². The molecule has 5 nitrogen and oxygen atoms in total. The molecule has 3 N–H and O–H groups in total. The zero-order chi connectivity index (χ0) is 12.8. The fraction of sp³-hybridized carbons (Fsp3) is 0.364. The SMILES string of the molecule is COc1ccc(CN(C)CC(N)=NO)cc1Br. The first kappa shape index (κ1) is 13.8. The predicted molar refractivity (Wildman–Crippen MR) is 70.4 cm³/mol. The Bertz CT molecular complexity index is 410. The summed E-state index contributed by atoms with van der Waals surface area (Å²) >= 11 is 3.43. The van der Waals surface area contributed by atoms with E-state index in [0.717, 1.165) is 15.8 Å². The molecule has 0 saturated heterocycles. The van der Waals surface area contributed by atoms with Gasteiger partial charge in [0.2, 0.25) is 0 Å². The molecule has 94 valence electrons. The van der Waals surface area contributed by atoms with Crippen molar-refractivity contribution in [2.75, 3.05) is 20.7 Å². The fourth-order valence-corrected chi connectivity index (χ4v) is 2.07. The molecule has 1 aromatic rings. The van der Waals surface area contributed by atoms with Gasteiger partial charge < -0.3 is 15.7 Å². The fourth-order valence-electron chi connectivity index (χ4n) is 1.48. The van der Waals surface area contributed by atoms with Crippen LogP contribution in [0, 0.1) is 0 Å².